The van der Waals surface area contributed by atoms with Gasteiger partial charge in [0.2, 0.25) is 5.79 Å². The third kappa shape index (κ3) is 2.21. The minimum Gasteiger partial charge on any atom is -0.511 e. The quantitative estimate of drug-likeness (QED) is 0.232. The summed E-state index contributed by atoms with van der Waals surface area (Å²) in [4.78, 5) is 27.8. The van der Waals surface area contributed by atoms with E-state index in [2.05, 4.69) is 0 Å². The number of hydrogen-bond donors (Lipinski definition) is 3. The van der Waals surface area contributed by atoms with Crippen molar-refractivity contribution < 1.29 is 34.3 Å². The van der Waals surface area contributed by atoms with E-state index in [9.17, 15) is 24.9 Å². The van der Waals surface area contributed by atoms with Crippen LogP contribution in [0.3, 0.4) is 0 Å². The highest BCUT2D eigenvalue weighted by Gasteiger charge is 2.53. The van der Waals surface area contributed by atoms with E-state index in [1.165, 1.54) is 6.07 Å². The van der Waals surface area contributed by atoms with E-state index in [1.807, 2.05) is 13.8 Å². The maximum Gasteiger partial charge on any atom is 0.201 e. The molecule has 4 aliphatic heterocycles. The molecule has 1 aliphatic carbocycles. The third-order valence-electron chi connectivity index (χ3n) is 9.57. The zero-order valence-corrected chi connectivity index (χ0v) is 21.5. The third-order valence-corrected chi connectivity index (χ3v) is 9.57. The highest BCUT2D eigenvalue weighted by molar-refractivity contribution is 6.29. The zero-order valence-electron chi connectivity index (χ0n) is 21.5. The Bertz CT molecular complexity index is 2070. The molecule has 0 bridgehead atoms. The lowest BCUT2D eigenvalue weighted by Crippen LogP contribution is -2.48. The first-order valence-corrected chi connectivity index (χ1v) is 13.3. The molecule has 7 atom stereocenters. The van der Waals surface area contributed by atoms with E-state index in [1.54, 1.807) is 13.8 Å². The summed E-state index contributed by atoms with van der Waals surface area (Å²) in [5.41, 5.74) is 1.65. The second-order valence-corrected chi connectivity index (χ2v) is 11.7. The van der Waals surface area contributed by atoms with Gasteiger partial charge in [-0.2, -0.15) is 0 Å². The van der Waals surface area contributed by atoms with Crippen molar-refractivity contribution in [3.8, 4) is 11.5 Å². The molecular formula is C30H24O9. The van der Waals surface area contributed by atoms with Crippen molar-refractivity contribution in [2.24, 2.45) is 0 Å². The Hall–Kier alpha value is -3.50. The summed E-state index contributed by atoms with van der Waals surface area (Å²) in [6, 6.07) is 1.37. The van der Waals surface area contributed by atoms with E-state index in [-0.39, 0.29) is 34.0 Å². The zero-order chi connectivity index (χ0) is 27.0. The summed E-state index contributed by atoms with van der Waals surface area (Å²) < 4.78 is 25.0. The molecule has 0 aromatic heterocycles. The van der Waals surface area contributed by atoms with E-state index in [0.717, 1.165) is 0 Å². The molecule has 3 N–H and O–H groups in total. The Kier molecular flexibility index (Phi) is 3.69. The minimum atomic E-state index is -1.99. The van der Waals surface area contributed by atoms with Gasteiger partial charge in [0.25, 0.3) is 0 Å². The van der Waals surface area contributed by atoms with Gasteiger partial charge < -0.3 is 34.3 Å². The van der Waals surface area contributed by atoms with Gasteiger partial charge in [-0.05, 0) is 33.1 Å². The molecule has 198 valence electrons. The second kappa shape index (κ2) is 6.45. The number of benzene rings is 4. The number of aliphatic hydroxyl groups is 2. The van der Waals surface area contributed by atoms with Crippen molar-refractivity contribution in [2.75, 3.05) is 0 Å². The molecule has 5 aliphatic rings. The molecule has 0 radical (unpaired) electrons. The summed E-state index contributed by atoms with van der Waals surface area (Å²) in [5, 5.41) is 38.0. The normalized spacial score (nSPS) is 33.5. The van der Waals surface area contributed by atoms with Gasteiger partial charge >= 0.3 is 0 Å². The molecule has 0 amide bonds. The lowest BCUT2D eigenvalue weighted by Gasteiger charge is -2.48. The first-order valence-electron chi connectivity index (χ1n) is 13.3. The van der Waals surface area contributed by atoms with Gasteiger partial charge in [0.05, 0.1) is 41.4 Å². The highest BCUT2D eigenvalue weighted by Crippen LogP contribution is 2.61. The van der Waals surface area contributed by atoms with Crippen LogP contribution in [-0.4, -0.2) is 27.5 Å². The minimum absolute atomic E-state index is 0.113. The van der Waals surface area contributed by atoms with Crippen LogP contribution in [0.15, 0.2) is 15.7 Å². The van der Waals surface area contributed by atoms with Crippen molar-refractivity contribution in [1.29, 1.82) is 0 Å². The summed E-state index contributed by atoms with van der Waals surface area (Å²) in [6.07, 6.45) is -3.86. The van der Waals surface area contributed by atoms with Crippen LogP contribution in [0, 0.1) is 0 Å². The Morgan fingerprint density at radius 1 is 0.795 bits per heavy atom. The predicted molar refractivity (Wildman–Crippen MR) is 139 cm³/mol. The van der Waals surface area contributed by atoms with Crippen LogP contribution in [0.4, 0.5) is 0 Å². The molecule has 0 saturated carbocycles. The van der Waals surface area contributed by atoms with Gasteiger partial charge in [0, 0.05) is 55.4 Å². The maximum atomic E-state index is 14.1. The number of phenolic OH excluding ortho intramolecular Hbond substituents is 1. The molecule has 39 heavy (non-hydrogen) atoms. The number of aromatic hydroxyl groups is 1. The van der Waals surface area contributed by atoms with Crippen LogP contribution in [0.5, 0.6) is 11.5 Å². The second-order valence-electron chi connectivity index (χ2n) is 11.7. The van der Waals surface area contributed by atoms with E-state index in [4.69, 9.17) is 18.9 Å². The molecule has 4 heterocycles. The average Bonchev–Trinajstić information content (AvgIpc) is 2.85. The van der Waals surface area contributed by atoms with Gasteiger partial charge in [-0.1, -0.05) is 0 Å². The molecule has 4 aromatic rings. The molecule has 9 rings (SSSR count). The summed E-state index contributed by atoms with van der Waals surface area (Å²) in [6.45, 7) is 7.27. The van der Waals surface area contributed by atoms with Crippen LogP contribution in [0.1, 0.15) is 86.3 Å². The molecule has 0 saturated heterocycles. The van der Waals surface area contributed by atoms with Crippen LogP contribution < -0.4 is 20.8 Å². The van der Waals surface area contributed by atoms with Crippen molar-refractivity contribution >= 4 is 38.1 Å². The number of phenols is 1. The first kappa shape index (κ1) is 22.3. The molecule has 0 fully saturated rings. The first-order chi connectivity index (χ1) is 18.5. The van der Waals surface area contributed by atoms with Gasteiger partial charge in [0.15, 0.2) is 17.0 Å². The molecule has 0 spiro atoms. The largest absolute Gasteiger partial charge is 0.511 e. The van der Waals surface area contributed by atoms with E-state index >= 15 is 0 Å². The van der Waals surface area contributed by atoms with Gasteiger partial charge in [0.1, 0.15) is 23.4 Å². The van der Waals surface area contributed by atoms with Gasteiger partial charge in [-0.25, -0.2) is 0 Å². The standard InChI is InChI=1S/C30H24O9/c1-7-14-23-20-18-13(38-28(23)9(3)36-7)5-11(31)16-19(18)22-24-15(26(16)33)8(2)37-10(4)29(24)39-30(35)6-12(32)17(27(14)34)21(20)25(22)30/h5,7-10,28-29,32-33,35H,6H2,1-4H3/t7-,8-,9-,10-,28-,29+,30+/m1/s1. The Morgan fingerprint density at radius 3 is 2.21 bits per heavy atom. The topological polar surface area (TPSA) is 132 Å². The number of hydrogen-bond acceptors (Lipinski definition) is 9. The predicted octanol–water partition coefficient (Wildman–Crippen LogP) is 3.41. The lowest BCUT2D eigenvalue weighted by atomic mass is 9.71. The Balaban J connectivity index is 1.71. The fourth-order valence-corrected chi connectivity index (χ4v) is 8.28. The van der Waals surface area contributed by atoms with Crippen LogP contribution in [-0.2, 0) is 20.0 Å². The molecular weight excluding hydrogens is 504 g/mol. The SMILES string of the molecule is C[C@H]1O[C@H](C)[C@@H]2O[C@@]3(O)CC(O)=c4c(=O)c5c6c7c4c3c3c2c1c(O)c1c(=O)cc(c7c31)O[C@@H]6[C@@H](C)O[C@@H]5C. The fourth-order valence-electron chi connectivity index (χ4n) is 8.28. The lowest BCUT2D eigenvalue weighted by molar-refractivity contribution is -0.270. The van der Waals surface area contributed by atoms with Crippen LogP contribution in [0.25, 0.3) is 38.1 Å². The van der Waals surface area contributed by atoms with Crippen molar-refractivity contribution in [1.82, 2.24) is 0 Å². The van der Waals surface area contributed by atoms with E-state index < -0.39 is 47.8 Å². The van der Waals surface area contributed by atoms with Crippen molar-refractivity contribution in [3.63, 3.8) is 0 Å². The van der Waals surface area contributed by atoms with Gasteiger partial charge in [-0.3, -0.25) is 9.59 Å². The van der Waals surface area contributed by atoms with Crippen LogP contribution >= 0.6 is 0 Å². The molecule has 9 nitrogen and oxygen atoms in total. The summed E-state index contributed by atoms with van der Waals surface area (Å²) in [7, 11) is 0. The van der Waals surface area contributed by atoms with Crippen molar-refractivity contribution in [2.45, 2.75) is 76.5 Å². The Morgan fingerprint density at radius 2 is 1.46 bits per heavy atom. The summed E-state index contributed by atoms with van der Waals surface area (Å²) in [5.74, 6) is -2.11. The molecule has 0 unspecified atom stereocenters. The van der Waals surface area contributed by atoms with E-state index in [0.29, 0.717) is 60.5 Å². The summed E-state index contributed by atoms with van der Waals surface area (Å²) >= 11 is 0. The monoisotopic (exact) mass is 528 g/mol. The van der Waals surface area contributed by atoms with Crippen molar-refractivity contribution in [3.05, 3.63) is 59.5 Å². The maximum absolute atomic E-state index is 14.1. The fraction of sp³-hybridized carbons (Fsp3) is 0.400. The number of rotatable bonds is 0. The average molecular weight is 529 g/mol. The molecule has 9 heteroatoms. The number of ether oxygens (including phenoxy) is 4. The van der Waals surface area contributed by atoms with Crippen LogP contribution in [0.2, 0.25) is 0 Å². The number of aliphatic hydroxyl groups excluding tert-OH is 1. The molecule has 4 aromatic carbocycles. The highest BCUT2D eigenvalue weighted by atomic mass is 16.6. The van der Waals surface area contributed by atoms with Gasteiger partial charge in [-0.15, -0.1) is 0 Å². The smallest absolute Gasteiger partial charge is 0.201 e. The Labute approximate surface area is 220 Å².